The molecular formula is C34H34N2O4S2. The van der Waals surface area contributed by atoms with Gasteiger partial charge in [-0.15, -0.1) is 23.5 Å². The summed E-state index contributed by atoms with van der Waals surface area (Å²) in [5.74, 6) is 2.62. The Morgan fingerprint density at radius 1 is 0.524 bits per heavy atom. The van der Waals surface area contributed by atoms with Crippen molar-refractivity contribution < 1.29 is 19.1 Å². The summed E-state index contributed by atoms with van der Waals surface area (Å²) >= 11 is 2.98. The van der Waals surface area contributed by atoms with Crippen LogP contribution in [0.5, 0.6) is 11.5 Å². The van der Waals surface area contributed by atoms with Gasteiger partial charge in [-0.1, -0.05) is 84.9 Å². The predicted molar refractivity (Wildman–Crippen MR) is 170 cm³/mol. The normalized spacial score (nSPS) is 16.9. The molecule has 0 N–H and O–H groups in total. The quantitative estimate of drug-likeness (QED) is 0.183. The molecule has 8 heteroatoms. The molecule has 0 spiro atoms. The number of hydrogen-bond acceptors (Lipinski definition) is 6. The summed E-state index contributed by atoms with van der Waals surface area (Å²) in [5.41, 5.74) is 4.10. The van der Waals surface area contributed by atoms with Crippen LogP contribution in [0.1, 0.15) is 22.3 Å². The number of rotatable bonds is 12. The number of carbonyl (C=O) groups is 2. The van der Waals surface area contributed by atoms with E-state index in [9.17, 15) is 9.59 Å². The summed E-state index contributed by atoms with van der Waals surface area (Å²) < 4.78 is 10.6. The third-order valence-corrected chi connectivity index (χ3v) is 9.62. The summed E-state index contributed by atoms with van der Waals surface area (Å²) in [7, 11) is 3.28. The van der Waals surface area contributed by atoms with E-state index in [1.165, 1.54) is 23.5 Å². The molecule has 0 radical (unpaired) electrons. The molecule has 2 unspecified atom stereocenters. The maximum absolute atomic E-state index is 14.4. The number of benzene rings is 4. The lowest BCUT2D eigenvalue weighted by Gasteiger charge is -2.44. The number of methoxy groups -OCH3 is 2. The Hall–Kier alpha value is -3.88. The monoisotopic (exact) mass is 598 g/mol. The molecule has 1 heterocycles. The Bertz CT molecular complexity index is 1340. The zero-order valence-electron chi connectivity index (χ0n) is 23.7. The number of amides is 2. The maximum Gasteiger partial charge on any atom is 0.257 e. The van der Waals surface area contributed by atoms with Crippen LogP contribution in [0.15, 0.2) is 109 Å². The second-order valence-corrected chi connectivity index (χ2v) is 12.1. The highest BCUT2D eigenvalue weighted by atomic mass is 32.2. The fourth-order valence-corrected chi connectivity index (χ4v) is 7.14. The zero-order chi connectivity index (χ0) is 29.3. The van der Waals surface area contributed by atoms with E-state index in [0.29, 0.717) is 24.6 Å². The van der Waals surface area contributed by atoms with Crippen LogP contribution in [0.3, 0.4) is 0 Å². The largest absolute Gasteiger partial charge is 0.497 e. The SMILES string of the molecule is COc1ccc(CSC2C(=O)N(Cc3ccccc3)C(SCc3ccc(OC)cc3)C(=O)N2Cc2ccccc2)cc1. The van der Waals surface area contributed by atoms with E-state index in [1.54, 1.807) is 24.0 Å². The summed E-state index contributed by atoms with van der Waals surface area (Å²) in [4.78, 5) is 32.3. The molecule has 6 nitrogen and oxygen atoms in total. The molecule has 1 fully saturated rings. The third-order valence-electron chi connectivity index (χ3n) is 7.08. The highest BCUT2D eigenvalue weighted by molar-refractivity contribution is 8.00. The van der Waals surface area contributed by atoms with E-state index in [2.05, 4.69) is 0 Å². The van der Waals surface area contributed by atoms with Gasteiger partial charge in [-0.05, 0) is 46.5 Å². The molecule has 2 amide bonds. The number of ether oxygens (including phenoxy) is 2. The molecule has 0 aromatic heterocycles. The van der Waals surface area contributed by atoms with Crippen LogP contribution in [0.2, 0.25) is 0 Å². The van der Waals surface area contributed by atoms with Crippen LogP contribution in [-0.2, 0) is 34.2 Å². The van der Waals surface area contributed by atoms with Gasteiger partial charge in [0.25, 0.3) is 11.8 Å². The number of nitrogens with zero attached hydrogens (tertiary/aromatic N) is 2. The van der Waals surface area contributed by atoms with Crippen LogP contribution in [-0.4, -0.2) is 46.6 Å². The van der Waals surface area contributed by atoms with Gasteiger partial charge in [0.2, 0.25) is 0 Å². The molecule has 42 heavy (non-hydrogen) atoms. The van der Waals surface area contributed by atoms with Gasteiger partial charge in [-0.25, -0.2) is 0 Å². The van der Waals surface area contributed by atoms with Crippen molar-refractivity contribution in [2.24, 2.45) is 0 Å². The minimum Gasteiger partial charge on any atom is -0.497 e. The van der Waals surface area contributed by atoms with E-state index in [1.807, 2.05) is 109 Å². The van der Waals surface area contributed by atoms with Crippen molar-refractivity contribution in [1.29, 1.82) is 0 Å². The Morgan fingerprint density at radius 2 is 0.881 bits per heavy atom. The average Bonchev–Trinajstić information content (AvgIpc) is 3.04. The molecule has 0 bridgehead atoms. The Kier molecular flexibility index (Phi) is 10.1. The molecule has 1 saturated heterocycles. The smallest absolute Gasteiger partial charge is 0.257 e. The molecule has 4 aromatic rings. The minimum absolute atomic E-state index is 0.0554. The topological polar surface area (TPSA) is 59.1 Å². The molecular weight excluding hydrogens is 565 g/mol. The first-order chi connectivity index (χ1) is 20.6. The van der Waals surface area contributed by atoms with Gasteiger partial charge in [0, 0.05) is 24.6 Å². The molecule has 0 aliphatic carbocycles. The van der Waals surface area contributed by atoms with Crippen molar-refractivity contribution in [2.45, 2.75) is 35.3 Å². The minimum atomic E-state index is -0.652. The Labute approximate surface area is 256 Å². The molecule has 0 saturated carbocycles. The first-order valence-electron chi connectivity index (χ1n) is 13.7. The second-order valence-electron chi connectivity index (χ2n) is 9.93. The van der Waals surface area contributed by atoms with Crippen LogP contribution in [0.25, 0.3) is 0 Å². The molecule has 4 aromatic carbocycles. The van der Waals surface area contributed by atoms with Crippen LogP contribution in [0.4, 0.5) is 0 Å². The number of carbonyl (C=O) groups excluding carboxylic acids is 2. The average molecular weight is 599 g/mol. The van der Waals surface area contributed by atoms with Crippen molar-refractivity contribution in [3.8, 4) is 11.5 Å². The lowest BCUT2D eigenvalue weighted by molar-refractivity contribution is -0.154. The van der Waals surface area contributed by atoms with E-state index in [-0.39, 0.29) is 11.8 Å². The summed E-state index contributed by atoms with van der Waals surface area (Å²) in [6, 6.07) is 35.4. The number of hydrogen-bond donors (Lipinski definition) is 0. The van der Waals surface area contributed by atoms with Crippen LogP contribution < -0.4 is 9.47 Å². The predicted octanol–water partition coefficient (Wildman–Crippen LogP) is 6.59. The van der Waals surface area contributed by atoms with E-state index in [4.69, 9.17) is 9.47 Å². The number of piperazine rings is 1. The zero-order valence-corrected chi connectivity index (χ0v) is 25.4. The van der Waals surface area contributed by atoms with Crippen molar-refractivity contribution in [3.63, 3.8) is 0 Å². The molecule has 5 rings (SSSR count). The second kappa shape index (κ2) is 14.3. The Balaban J connectivity index is 1.44. The molecule has 2 atom stereocenters. The first-order valence-corrected chi connectivity index (χ1v) is 15.8. The summed E-state index contributed by atoms with van der Waals surface area (Å²) in [6.45, 7) is 0.731. The highest BCUT2D eigenvalue weighted by Crippen LogP contribution is 2.36. The third kappa shape index (κ3) is 7.30. The van der Waals surface area contributed by atoms with Crippen molar-refractivity contribution >= 4 is 35.3 Å². The van der Waals surface area contributed by atoms with Crippen molar-refractivity contribution in [1.82, 2.24) is 9.80 Å². The lowest BCUT2D eigenvalue weighted by Crippen LogP contribution is -2.62. The van der Waals surface area contributed by atoms with Gasteiger partial charge in [0.05, 0.1) is 14.2 Å². The molecule has 1 aliphatic rings. The highest BCUT2D eigenvalue weighted by Gasteiger charge is 2.46. The number of thioether (sulfide) groups is 2. The van der Waals surface area contributed by atoms with Gasteiger partial charge in [0.15, 0.2) is 10.7 Å². The standard InChI is InChI=1S/C34H34N2O4S2/c1-39-29-17-13-27(14-18-29)23-41-33-31(37)36(22-26-11-7-4-8-12-26)34(42-24-28-15-19-30(40-2)20-16-28)32(38)35(33)21-25-9-5-3-6-10-25/h3-20,33-34H,21-24H2,1-2H3. The fourth-order valence-electron chi connectivity index (χ4n) is 4.78. The van der Waals surface area contributed by atoms with Crippen LogP contribution in [0, 0.1) is 0 Å². The van der Waals surface area contributed by atoms with Gasteiger partial charge >= 0.3 is 0 Å². The Morgan fingerprint density at radius 3 is 1.21 bits per heavy atom. The van der Waals surface area contributed by atoms with Crippen molar-refractivity contribution in [3.05, 3.63) is 131 Å². The van der Waals surface area contributed by atoms with E-state index < -0.39 is 10.7 Å². The van der Waals surface area contributed by atoms with Crippen LogP contribution >= 0.6 is 23.5 Å². The lowest BCUT2D eigenvalue weighted by atomic mass is 10.1. The summed E-state index contributed by atoms with van der Waals surface area (Å²) in [6.07, 6.45) is 0. The fraction of sp³-hybridized carbons (Fsp3) is 0.235. The summed E-state index contributed by atoms with van der Waals surface area (Å²) in [5, 5.41) is -1.30. The molecule has 216 valence electrons. The molecule has 1 aliphatic heterocycles. The van der Waals surface area contributed by atoms with Crippen molar-refractivity contribution in [2.75, 3.05) is 14.2 Å². The maximum atomic E-state index is 14.4. The van der Waals surface area contributed by atoms with Gasteiger partial charge in [-0.3, -0.25) is 9.59 Å². The van der Waals surface area contributed by atoms with Gasteiger partial charge in [-0.2, -0.15) is 0 Å². The van der Waals surface area contributed by atoms with Gasteiger partial charge in [0.1, 0.15) is 11.5 Å². The van der Waals surface area contributed by atoms with Gasteiger partial charge < -0.3 is 19.3 Å². The first kappa shape index (κ1) is 29.6. The van der Waals surface area contributed by atoms with E-state index in [0.717, 1.165) is 33.8 Å². The van der Waals surface area contributed by atoms with E-state index >= 15 is 0 Å².